The van der Waals surface area contributed by atoms with E-state index in [1.54, 1.807) is 12.1 Å². The summed E-state index contributed by atoms with van der Waals surface area (Å²) in [4.78, 5) is 3.75. The van der Waals surface area contributed by atoms with Crippen LogP contribution >= 0.6 is 0 Å². The summed E-state index contributed by atoms with van der Waals surface area (Å²) < 4.78 is 18.0. The molecule has 17 heavy (non-hydrogen) atoms. The lowest BCUT2D eigenvalue weighted by molar-refractivity contribution is 0.392. The summed E-state index contributed by atoms with van der Waals surface area (Å²) in [5.74, 6) is 0.761. The Morgan fingerprint density at radius 3 is 2.71 bits per heavy atom. The highest BCUT2D eigenvalue weighted by Gasteiger charge is 2.16. The topological polar surface area (TPSA) is 51.0 Å². The van der Waals surface area contributed by atoms with Crippen LogP contribution in [0.15, 0.2) is 22.7 Å². The van der Waals surface area contributed by atoms with Crippen LogP contribution in [0.3, 0.4) is 0 Å². The standard InChI is InChI=1S/C12H14FN3O/c1-7(12-8(2)16-17-9(12)3)14-11-6-4-5-10(13)15-11/h4-7H,1-3H3,(H,14,15). The number of rotatable bonds is 3. The number of halogens is 1. The number of nitrogens with one attached hydrogen (secondary N) is 1. The molecule has 2 rings (SSSR count). The van der Waals surface area contributed by atoms with Crippen molar-refractivity contribution in [3.05, 3.63) is 41.2 Å². The first kappa shape index (κ1) is 11.6. The maximum absolute atomic E-state index is 12.9. The minimum Gasteiger partial charge on any atom is -0.363 e. The molecular weight excluding hydrogens is 221 g/mol. The lowest BCUT2D eigenvalue weighted by atomic mass is 10.1. The van der Waals surface area contributed by atoms with E-state index in [9.17, 15) is 4.39 Å². The molecule has 0 amide bonds. The van der Waals surface area contributed by atoms with Gasteiger partial charge in [0, 0.05) is 5.56 Å². The second-order valence-corrected chi connectivity index (χ2v) is 3.95. The van der Waals surface area contributed by atoms with Crippen LogP contribution in [0, 0.1) is 19.8 Å². The number of aryl methyl sites for hydroxylation is 2. The van der Waals surface area contributed by atoms with E-state index >= 15 is 0 Å². The van der Waals surface area contributed by atoms with Crippen molar-refractivity contribution in [3.8, 4) is 0 Å². The molecule has 2 heterocycles. The summed E-state index contributed by atoms with van der Waals surface area (Å²) in [5, 5.41) is 7.00. The Bertz CT molecular complexity index is 505. The van der Waals surface area contributed by atoms with Crippen molar-refractivity contribution in [2.24, 2.45) is 0 Å². The van der Waals surface area contributed by atoms with Crippen LogP contribution in [-0.4, -0.2) is 10.1 Å². The van der Waals surface area contributed by atoms with Crippen molar-refractivity contribution in [2.75, 3.05) is 5.32 Å². The van der Waals surface area contributed by atoms with Gasteiger partial charge in [0.05, 0.1) is 11.7 Å². The van der Waals surface area contributed by atoms with Crippen LogP contribution in [0.5, 0.6) is 0 Å². The van der Waals surface area contributed by atoms with Crippen molar-refractivity contribution in [2.45, 2.75) is 26.8 Å². The molecule has 2 aromatic heterocycles. The minimum atomic E-state index is -0.499. The summed E-state index contributed by atoms with van der Waals surface area (Å²) in [6.45, 7) is 5.69. The minimum absolute atomic E-state index is 0.0319. The highest BCUT2D eigenvalue weighted by atomic mass is 19.1. The van der Waals surface area contributed by atoms with Gasteiger partial charge in [-0.15, -0.1) is 0 Å². The molecule has 90 valence electrons. The van der Waals surface area contributed by atoms with Gasteiger partial charge in [0.15, 0.2) is 0 Å². The van der Waals surface area contributed by atoms with Gasteiger partial charge in [-0.2, -0.15) is 4.39 Å². The van der Waals surface area contributed by atoms with Gasteiger partial charge in [-0.05, 0) is 32.9 Å². The lowest BCUT2D eigenvalue weighted by Gasteiger charge is -2.14. The average Bonchev–Trinajstić information content (AvgIpc) is 2.58. The molecule has 0 radical (unpaired) electrons. The van der Waals surface area contributed by atoms with Gasteiger partial charge in [0.25, 0.3) is 0 Å². The Labute approximate surface area is 98.8 Å². The number of hydrogen-bond donors (Lipinski definition) is 1. The second kappa shape index (κ2) is 4.53. The lowest BCUT2D eigenvalue weighted by Crippen LogP contribution is -2.09. The van der Waals surface area contributed by atoms with Gasteiger partial charge in [-0.3, -0.25) is 0 Å². The molecule has 5 heteroatoms. The van der Waals surface area contributed by atoms with Crippen LogP contribution in [0.2, 0.25) is 0 Å². The molecule has 1 N–H and O–H groups in total. The summed E-state index contributed by atoms with van der Waals surface area (Å²) in [6.07, 6.45) is 0. The molecule has 0 aromatic carbocycles. The van der Waals surface area contributed by atoms with E-state index in [0.717, 1.165) is 17.0 Å². The fraction of sp³-hybridized carbons (Fsp3) is 0.333. The van der Waals surface area contributed by atoms with Gasteiger partial charge in [-0.1, -0.05) is 11.2 Å². The summed E-state index contributed by atoms with van der Waals surface area (Å²) in [5.41, 5.74) is 1.81. The molecule has 0 aliphatic rings. The van der Waals surface area contributed by atoms with E-state index in [-0.39, 0.29) is 6.04 Å². The predicted octanol–water partition coefficient (Wildman–Crippen LogP) is 3.00. The predicted molar refractivity (Wildman–Crippen MR) is 62.2 cm³/mol. The molecule has 1 atom stereocenters. The SMILES string of the molecule is Cc1noc(C)c1C(C)Nc1cccc(F)n1. The third kappa shape index (κ3) is 2.43. The van der Waals surface area contributed by atoms with E-state index in [1.165, 1.54) is 6.07 Å². The fourth-order valence-electron chi connectivity index (χ4n) is 1.89. The zero-order valence-electron chi connectivity index (χ0n) is 9.99. The Morgan fingerprint density at radius 2 is 2.12 bits per heavy atom. The molecule has 0 spiro atoms. The van der Waals surface area contributed by atoms with Gasteiger partial charge in [0.1, 0.15) is 11.6 Å². The van der Waals surface area contributed by atoms with Crippen molar-refractivity contribution in [1.82, 2.24) is 10.1 Å². The normalized spacial score (nSPS) is 12.5. The number of pyridine rings is 1. The smallest absolute Gasteiger partial charge is 0.214 e. The van der Waals surface area contributed by atoms with Crippen LogP contribution in [0.4, 0.5) is 10.2 Å². The zero-order valence-corrected chi connectivity index (χ0v) is 9.99. The Kier molecular flexibility index (Phi) is 3.08. The molecule has 0 aliphatic heterocycles. The molecule has 4 nitrogen and oxygen atoms in total. The summed E-state index contributed by atoms with van der Waals surface area (Å²) in [6, 6.07) is 4.62. The Balaban J connectivity index is 2.20. The highest BCUT2D eigenvalue weighted by molar-refractivity contribution is 5.39. The van der Waals surface area contributed by atoms with Crippen molar-refractivity contribution in [3.63, 3.8) is 0 Å². The van der Waals surface area contributed by atoms with Crippen molar-refractivity contribution in [1.29, 1.82) is 0 Å². The van der Waals surface area contributed by atoms with Crippen LogP contribution in [0.1, 0.15) is 30.0 Å². The molecule has 0 saturated carbocycles. The molecule has 0 saturated heterocycles. The highest BCUT2D eigenvalue weighted by Crippen LogP contribution is 2.24. The Morgan fingerprint density at radius 1 is 1.35 bits per heavy atom. The third-order valence-electron chi connectivity index (χ3n) is 2.60. The number of hydrogen-bond acceptors (Lipinski definition) is 4. The van der Waals surface area contributed by atoms with E-state index in [0.29, 0.717) is 5.82 Å². The van der Waals surface area contributed by atoms with Crippen LogP contribution in [-0.2, 0) is 0 Å². The van der Waals surface area contributed by atoms with Gasteiger partial charge < -0.3 is 9.84 Å². The summed E-state index contributed by atoms with van der Waals surface area (Å²) in [7, 11) is 0. The number of nitrogens with zero attached hydrogens (tertiary/aromatic N) is 2. The van der Waals surface area contributed by atoms with Gasteiger partial charge in [0.2, 0.25) is 5.95 Å². The fourth-order valence-corrected chi connectivity index (χ4v) is 1.89. The largest absolute Gasteiger partial charge is 0.363 e. The van der Waals surface area contributed by atoms with E-state index < -0.39 is 5.95 Å². The van der Waals surface area contributed by atoms with E-state index in [2.05, 4.69) is 15.5 Å². The van der Waals surface area contributed by atoms with Crippen molar-refractivity contribution < 1.29 is 8.91 Å². The Hall–Kier alpha value is -1.91. The quantitative estimate of drug-likeness (QED) is 0.831. The number of aromatic nitrogens is 2. The average molecular weight is 235 g/mol. The van der Waals surface area contributed by atoms with Gasteiger partial charge in [-0.25, -0.2) is 4.98 Å². The van der Waals surface area contributed by atoms with Crippen molar-refractivity contribution >= 4 is 5.82 Å². The molecule has 0 fully saturated rings. The van der Waals surface area contributed by atoms with E-state index in [1.807, 2.05) is 20.8 Å². The second-order valence-electron chi connectivity index (χ2n) is 3.95. The first-order valence-corrected chi connectivity index (χ1v) is 5.40. The monoisotopic (exact) mass is 235 g/mol. The van der Waals surface area contributed by atoms with E-state index in [4.69, 9.17) is 4.52 Å². The maximum Gasteiger partial charge on any atom is 0.214 e. The number of anilines is 1. The van der Waals surface area contributed by atoms with Crippen LogP contribution in [0.25, 0.3) is 0 Å². The molecule has 0 bridgehead atoms. The molecule has 0 aliphatic carbocycles. The maximum atomic E-state index is 12.9. The zero-order chi connectivity index (χ0) is 12.4. The molecule has 1 unspecified atom stereocenters. The van der Waals surface area contributed by atoms with Crippen LogP contribution < -0.4 is 5.32 Å². The molecular formula is C12H14FN3O. The first-order valence-electron chi connectivity index (χ1n) is 5.40. The first-order chi connectivity index (χ1) is 8.08. The summed E-state index contributed by atoms with van der Waals surface area (Å²) >= 11 is 0. The van der Waals surface area contributed by atoms with Gasteiger partial charge >= 0.3 is 0 Å². The third-order valence-corrected chi connectivity index (χ3v) is 2.60. The molecule has 2 aromatic rings.